The van der Waals surface area contributed by atoms with Gasteiger partial charge in [0.1, 0.15) is 5.60 Å². The maximum atomic E-state index is 12.2. The maximum absolute atomic E-state index is 12.2. The highest BCUT2D eigenvalue weighted by Gasteiger charge is 2.37. The molecule has 0 aromatic rings. The molecule has 3 aliphatic rings. The zero-order chi connectivity index (χ0) is 18.1. The summed E-state index contributed by atoms with van der Waals surface area (Å²) in [6.45, 7) is 12.5. The number of piperazine rings is 1. The SMILES string of the molecule is CC(C)(C)OC(=O)N1CCN2C(NCCC3(C)OCCO3)=NCC2C1.I. The lowest BCUT2D eigenvalue weighted by atomic mass is 10.2. The van der Waals surface area contributed by atoms with Gasteiger partial charge in [0.05, 0.1) is 25.8 Å². The number of amides is 1. The average molecular weight is 482 g/mol. The predicted molar refractivity (Wildman–Crippen MR) is 109 cm³/mol. The molecular formula is C17H31IN4O4. The highest BCUT2D eigenvalue weighted by molar-refractivity contribution is 14.0. The summed E-state index contributed by atoms with van der Waals surface area (Å²) in [6, 6.07) is 0.221. The standard InChI is InChI=1S/C17H30N4O4.HI/c1-16(2,3)25-15(22)20-7-8-21-13(12-20)11-19-14(21)18-6-5-17(4)23-9-10-24-17;/h13H,5-12H2,1-4H3,(H,18,19);1H. The summed E-state index contributed by atoms with van der Waals surface area (Å²) < 4.78 is 16.7. The lowest BCUT2D eigenvalue weighted by molar-refractivity contribution is -0.145. The van der Waals surface area contributed by atoms with E-state index >= 15 is 0 Å². The van der Waals surface area contributed by atoms with E-state index in [9.17, 15) is 4.79 Å². The van der Waals surface area contributed by atoms with Gasteiger partial charge in [0.2, 0.25) is 0 Å². The molecule has 2 saturated heterocycles. The van der Waals surface area contributed by atoms with Crippen molar-refractivity contribution in [2.75, 3.05) is 45.9 Å². The van der Waals surface area contributed by atoms with Crippen molar-refractivity contribution in [3.8, 4) is 0 Å². The van der Waals surface area contributed by atoms with Gasteiger partial charge in [-0.2, -0.15) is 0 Å². The van der Waals surface area contributed by atoms with Crippen LogP contribution in [0.5, 0.6) is 0 Å². The first-order chi connectivity index (χ1) is 11.8. The number of aliphatic imine (C=N–C) groups is 1. The number of carbonyl (C=O) groups excluding carboxylic acids is 1. The van der Waals surface area contributed by atoms with E-state index in [0.717, 1.165) is 25.5 Å². The molecule has 1 N–H and O–H groups in total. The molecule has 0 aliphatic carbocycles. The van der Waals surface area contributed by atoms with Crippen molar-refractivity contribution >= 4 is 36.0 Å². The number of halogens is 1. The number of fused-ring (bicyclic) bond motifs is 1. The van der Waals surface area contributed by atoms with Gasteiger partial charge in [0, 0.05) is 32.6 Å². The molecule has 1 amide bonds. The fourth-order valence-electron chi connectivity index (χ4n) is 3.33. The molecule has 150 valence electrons. The second-order valence-corrected chi connectivity index (χ2v) is 7.95. The first-order valence-electron chi connectivity index (χ1n) is 9.07. The van der Waals surface area contributed by atoms with E-state index < -0.39 is 11.4 Å². The molecule has 0 radical (unpaired) electrons. The minimum atomic E-state index is -0.485. The van der Waals surface area contributed by atoms with Gasteiger partial charge >= 0.3 is 6.09 Å². The van der Waals surface area contributed by atoms with Crippen LogP contribution in [0.1, 0.15) is 34.1 Å². The van der Waals surface area contributed by atoms with Crippen molar-refractivity contribution < 1.29 is 19.0 Å². The topological polar surface area (TPSA) is 75.6 Å². The molecule has 1 unspecified atom stereocenters. The monoisotopic (exact) mass is 482 g/mol. The molecule has 0 bridgehead atoms. The first-order valence-corrected chi connectivity index (χ1v) is 9.07. The Morgan fingerprint density at radius 2 is 2.04 bits per heavy atom. The summed E-state index contributed by atoms with van der Waals surface area (Å²) >= 11 is 0. The van der Waals surface area contributed by atoms with Gasteiger partial charge in [-0.3, -0.25) is 4.99 Å². The Hall–Kier alpha value is -0.810. The van der Waals surface area contributed by atoms with Gasteiger partial charge in [-0.05, 0) is 27.7 Å². The van der Waals surface area contributed by atoms with Crippen LogP contribution in [-0.4, -0.2) is 85.2 Å². The summed E-state index contributed by atoms with van der Waals surface area (Å²) in [4.78, 5) is 20.9. The van der Waals surface area contributed by atoms with E-state index in [1.54, 1.807) is 4.90 Å². The number of rotatable bonds is 3. The number of hydrogen-bond acceptors (Lipinski definition) is 7. The molecule has 3 rings (SSSR count). The molecular weight excluding hydrogens is 451 g/mol. The van der Waals surface area contributed by atoms with Crippen LogP contribution in [-0.2, 0) is 14.2 Å². The minimum Gasteiger partial charge on any atom is -0.444 e. The Morgan fingerprint density at radius 1 is 1.35 bits per heavy atom. The second-order valence-electron chi connectivity index (χ2n) is 7.95. The average Bonchev–Trinajstić information content (AvgIpc) is 3.12. The van der Waals surface area contributed by atoms with Crippen LogP contribution in [0.25, 0.3) is 0 Å². The van der Waals surface area contributed by atoms with E-state index in [1.807, 2.05) is 27.7 Å². The minimum absolute atomic E-state index is 0. The van der Waals surface area contributed by atoms with Crippen LogP contribution in [0.2, 0.25) is 0 Å². The summed E-state index contributed by atoms with van der Waals surface area (Å²) in [5, 5.41) is 3.40. The van der Waals surface area contributed by atoms with E-state index in [4.69, 9.17) is 14.2 Å². The van der Waals surface area contributed by atoms with Crippen molar-refractivity contribution in [3.05, 3.63) is 0 Å². The quantitative estimate of drug-likeness (QED) is 0.617. The van der Waals surface area contributed by atoms with Crippen LogP contribution in [0.4, 0.5) is 4.79 Å². The second kappa shape index (κ2) is 8.47. The molecule has 2 fully saturated rings. The smallest absolute Gasteiger partial charge is 0.410 e. The van der Waals surface area contributed by atoms with Crippen LogP contribution >= 0.6 is 24.0 Å². The fraction of sp³-hybridized carbons (Fsp3) is 0.882. The fourth-order valence-corrected chi connectivity index (χ4v) is 3.33. The van der Waals surface area contributed by atoms with Crippen LogP contribution in [0.15, 0.2) is 4.99 Å². The summed E-state index contributed by atoms with van der Waals surface area (Å²) in [6.07, 6.45) is 0.534. The van der Waals surface area contributed by atoms with Crippen molar-refractivity contribution in [2.45, 2.75) is 51.5 Å². The number of nitrogens with one attached hydrogen (secondary N) is 1. The van der Waals surface area contributed by atoms with Gasteiger partial charge < -0.3 is 29.3 Å². The van der Waals surface area contributed by atoms with Crippen molar-refractivity contribution in [3.63, 3.8) is 0 Å². The van der Waals surface area contributed by atoms with E-state index in [2.05, 4.69) is 15.2 Å². The number of nitrogens with zero attached hydrogens (tertiary/aromatic N) is 3. The zero-order valence-electron chi connectivity index (χ0n) is 16.1. The molecule has 26 heavy (non-hydrogen) atoms. The number of guanidine groups is 1. The lowest BCUT2D eigenvalue weighted by Crippen LogP contribution is -2.57. The van der Waals surface area contributed by atoms with Crippen LogP contribution in [0, 0.1) is 0 Å². The Kier molecular flexibility index (Phi) is 7.00. The number of ether oxygens (including phenoxy) is 3. The molecule has 0 aromatic carbocycles. The van der Waals surface area contributed by atoms with Gasteiger partial charge in [-0.25, -0.2) is 4.79 Å². The highest BCUT2D eigenvalue weighted by atomic mass is 127. The maximum Gasteiger partial charge on any atom is 0.410 e. The number of hydrogen-bond donors (Lipinski definition) is 1. The zero-order valence-corrected chi connectivity index (χ0v) is 18.4. The first kappa shape index (κ1) is 21.5. The molecule has 3 heterocycles. The summed E-state index contributed by atoms with van der Waals surface area (Å²) in [5.41, 5.74) is -0.465. The third-order valence-electron chi connectivity index (χ3n) is 4.62. The van der Waals surface area contributed by atoms with Gasteiger partial charge in [-0.1, -0.05) is 0 Å². The molecule has 0 spiro atoms. The molecule has 3 aliphatic heterocycles. The largest absolute Gasteiger partial charge is 0.444 e. The summed E-state index contributed by atoms with van der Waals surface area (Å²) in [5.74, 6) is 0.427. The lowest BCUT2D eigenvalue weighted by Gasteiger charge is -2.39. The van der Waals surface area contributed by atoms with Crippen molar-refractivity contribution in [1.82, 2.24) is 15.1 Å². The van der Waals surface area contributed by atoms with Crippen molar-refractivity contribution in [1.29, 1.82) is 0 Å². The van der Waals surface area contributed by atoms with Gasteiger partial charge in [0.25, 0.3) is 0 Å². The van der Waals surface area contributed by atoms with E-state index in [1.165, 1.54) is 0 Å². The normalized spacial score (nSPS) is 24.6. The molecule has 8 nitrogen and oxygen atoms in total. The highest BCUT2D eigenvalue weighted by Crippen LogP contribution is 2.22. The van der Waals surface area contributed by atoms with Gasteiger partial charge in [0.15, 0.2) is 11.7 Å². The molecule has 9 heteroatoms. The van der Waals surface area contributed by atoms with E-state index in [0.29, 0.717) is 32.8 Å². The predicted octanol–water partition coefficient (Wildman–Crippen LogP) is 1.64. The molecule has 0 saturated carbocycles. The van der Waals surface area contributed by atoms with Crippen molar-refractivity contribution in [2.24, 2.45) is 4.99 Å². The van der Waals surface area contributed by atoms with E-state index in [-0.39, 0.29) is 36.1 Å². The molecule has 0 aromatic heterocycles. The Bertz CT molecular complexity index is 531. The third-order valence-corrected chi connectivity index (χ3v) is 4.62. The Morgan fingerprint density at radius 3 is 2.69 bits per heavy atom. The van der Waals surface area contributed by atoms with Crippen LogP contribution < -0.4 is 5.32 Å². The van der Waals surface area contributed by atoms with Gasteiger partial charge in [-0.15, -0.1) is 24.0 Å². The molecule has 1 atom stereocenters. The number of carbonyl (C=O) groups is 1. The third kappa shape index (κ3) is 5.35. The summed E-state index contributed by atoms with van der Waals surface area (Å²) in [7, 11) is 0. The van der Waals surface area contributed by atoms with Crippen LogP contribution in [0.3, 0.4) is 0 Å². The Labute approximate surface area is 172 Å². The Balaban J connectivity index is 0.00000243.